The smallest absolute Gasteiger partial charge is 0.146 e. The molecule has 1 aromatic heterocycles. The molecular weight excluding hydrogens is 348 g/mol. The van der Waals surface area contributed by atoms with Crippen LogP contribution in [0.15, 0.2) is 72.8 Å². The first-order chi connectivity index (χ1) is 13.7. The maximum absolute atomic E-state index is 9.57. The number of nitriles is 1. The van der Waals surface area contributed by atoms with Crippen LogP contribution in [0, 0.1) is 18.3 Å². The number of fused-ring (bicyclic) bond motifs is 1. The summed E-state index contributed by atoms with van der Waals surface area (Å²) in [6.07, 6.45) is 0. The largest absolute Gasteiger partial charge is 0.486 e. The summed E-state index contributed by atoms with van der Waals surface area (Å²) in [7, 11) is 0. The Morgan fingerprint density at radius 3 is 2.54 bits per heavy atom. The number of aryl methyl sites for hydroxylation is 1. The van der Waals surface area contributed by atoms with E-state index < -0.39 is 6.04 Å². The van der Waals surface area contributed by atoms with E-state index in [1.165, 1.54) is 0 Å². The lowest BCUT2D eigenvalue weighted by Gasteiger charge is -2.15. The summed E-state index contributed by atoms with van der Waals surface area (Å²) in [5, 5.41) is 12.9. The van der Waals surface area contributed by atoms with E-state index in [0.29, 0.717) is 6.61 Å². The molecule has 0 radical (unpaired) electrons. The standard InChI is InChI=1S/C23H20N4O/c1-16-6-2-3-7-19(16)25-22(14-24)17-10-12-18(13-11-17)28-15-23-26-20-8-4-5-9-21(20)27-23/h2-13,22,25H,15H2,1H3,(H,26,27). The lowest BCUT2D eigenvalue weighted by Crippen LogP contribution is -2.09. The monoisotopic (exact) mass is 368 g/mol. The first kappa shape index (κ1) is 17.6. The molecule has 0 aliphatic rings. The van der Waals surface area contributed by atoms with Gasteiger partial charge in [-0.05, 0) is 48.4 Å². The van der Waals surface area contributed by atoms with Gasteiger partial charge in [0.1, 0.15) is 24.2 Å². The van der Waals surface area contributed by atoms with Gasteiger partial charge in [-0.2, -0.15) is 5.26 Å². The lowest BCUT2D eigenvalue weighted by molar-refractivity contribution is 0.297. The predicted octanol–water partition coefficient (Wildman–Crippen LogP) is 5.13. The highest BCUT2D eigenvalue weighted by Gasteiger charge is 2.11. The van der Waals surface area contributed by atoms with Gasteiger partial charge in [0.2, 0.25) is 0 Å². The second-order valence-corrected chi connectivity index (χ2v) is 6.58. The third-order valence-corrected chi connectivity index (χ3v) is 4.60. The summed E-state index contributed by atoms with van der Waals surface area (Å²) in [6.45, 7) is 2.38. The molecule has 0 amide bonds. The van der Waals surface area contributed by atoms with E-state index in [1.807, 2.05) is 79.7 Å². The van der Waals surface area contributed by atoms with Crippen molar-refractivity contribution in [3.63, 3.8) is 0 Å². The van der Waals surface area contributed by atoms with Crippen molar-refractivity contribution >= 4 is 16.7 Å². The van der Waals surface area contributed by atoms with Crippen LogP contribution < -0.4 is 10.1 Å². The molecule has 0 saturated carbocycles. The van der Waals surface area contributed by atoms with Gasteiger partial charge in [0.15, 0.2) is 0 Å². The Bertz CT molecular complexity index is 1090. The van der Waals surface area contributed by atoms with Crippen molar-refractivity contribution in [1.29, 1.82) is 5.26 Å². The first-order valence-corrected chi connectivity index (χ1v) is 9.11. The molecule has 4 aromatic rings. The highest BCUT2D eigenvalue weighted by molar-refractivity contribution is 5.74. The molecule has 3 aromatic carbocycles. The Hall–Kier alpha value is -3.78. The summed E-state index contributed by atoms with van der Waals surface area (Å²) < 4.78 is 5.83. The topological polar surface area (TPSA) is 73.7 Å². The van der Waals surface area contributed by atoms with E-state index in [4.69, 9.17) is 4.74 Å². The molecule has 138 valence electrons. The summed E-state index contributed by atoms with van der Waals surface area (Å²) in [6, 6.07) is 25.3. The Morgan fingerprint density at radius 2 is 1.79 bits per heavy atom. The van der Waals surface area contributed by atoms with E-state index in [9.17, 15) is 5.26 Å². The summed E-state index contributed by atoms with van der Waals surface area (Å²) in [4.78, 5) is 7.76. The van der Waals surface area contributed by atoms with Gasteiger partial charge < -0.3 is 15.0 Å². The van der Waals surface area contributed by atoms with Crippen LogP contribution in [0.2, 0.25) is 0 Å². The molecule has 1 heterocycles. The van der Waals surface area contributed by atoms with Crippen molar-refractivity contribution in [1.82, 2.24) is 9.97 Å². The van der Waals surface area contributed by atoms with Crippen molar-refractivity contribution in [2.75, 3.05) is 5.32 Å². The SMILES string of the molecule is Cc1ccccc1NC(C#N)c1ccc(OCc2nc3ccccc3[nH]2)cc1. The lowest BCUT2D eigenvalue weighted by atomic mass is 10.1. The molecule has 5 nitrogen and oxygen atoms in total. The Morgan fingerprint density at radius 1 is 1.04 bits per heavy atom. The first-order valence-electron chi connectivity index (χ1n) is 9.11. The van der Waals surface area contributed by atoms with Crippen LogP contribution in [0.4, 0.5) is 5.69 Å². The van der Waals surface area contributed by atoms with Gasteiger partial charge in [-0.15, -0.1) is 0 Å². The van der Waals surface area contributed by atoms with E-state index >= 15 is 0 Å². The van der Waals surface area contributed by atoms with Crippen LogP contribution >= 0.6 is 0 Å². The van der Waals surface area contributed by atoms with Gasteiger partial charge in [-0.25, -0.2) is 4.98 Å². The van der Waals surface area contributed by atoms with Crippen molar-refractivity contribution in [3.05, 3.63) is 89.7 Å². The number of hydrogen-bond donors (Lipinski definition) is 2. The number of H-pyrrole nitrogens is 1. The Labute approximate surface area is 163 Å². The number of aromatic nitrogens is 2. The van der Waals surface area contributed by atoms with Crippen LogP contribution in [0.3, 0.4) is 0 Å². The van der Waals surface area contributed by atoms with Gasteiger partial charge >= 0.3 is 0 Å². The number of nitrogens with zero attached hydrogens (tertiary/aromatic N) is 2. The molecule has 5 heteroatoms. The summed E-state index contributed by atoms with van der Waals surface area (Å²) in [5.74, 6) is 1.51. The van der Waals surface area contributed by atoms with Gasteiger partial charge in [0.05, 0.1) is 17.1 Å². The van der Waals surface area contributed by atoms with Crippen LogP contribution in [0.5, 0.6) is 5.75 Å². The second-order valence-electron chi connectivity index (χ2n) is 6.58. The van der Waals surface area contributed by atoms with Crippen LogP contribution in [-0.4, -0.2) is 9.97 Å². The highest BCUT2D eigenvalue weighted by Crippen LogP contribution is 2.24. The molecule has 0 saturated heterocycles. The average Bonchev–Trinajstić information content (AvgIpc) is 3.15. The molecule has 1 unspecified atom stereocenters. The zero-order valence-corrected chi connectivity index (χ0v) is 15.5. The molecule has 0 spiro atoms. The molecule has 0 bridgehead atoms. The van der Waals surface area contributed by atoms with Crippen molar-refractivity contribution < 1.29 is 4.74 Å². The number of benzene rings is 3. The van der Waals surface area contributed by atoms with E-state index in [0.717, 1.165) is 39.4 Å². The molecule has 0 fully saturated rings. The van der Waals surface area contributed by atoms with Gasteiger partial charge in [0.25, 0.3) is 0 Å². The minimum Gasteiger partial charge on any atom is -0.486 e. The van der Waals surface area contributed by atoms with Crippen molar-refractivity contribution in [2.24, 2.45) is 0 Å². The molecule has 1 atom stereocenters. The third-order valence-electron chi connectivity index (χ3n) is 4.60. The molecule has 4 rings (SSSR count). The quantitative estimate of drug-likeness (QED) is 0.495. The Kier molecular flexibility index (Phi) is 4.94. The Balaban J connectivity index is 1.42. The highest BCUT2D eigenvalue weighted by atomic mass is 16.5. The predicted molar refractivity (Wildman–Crippen MR) is 110 cm³/mol. The average molecular weight is 368 g/mol. The van der Waals surface area contributed by atoms with Crippen LogP contribution in [0.1, 0.15) is 23.0 Å². The maximum atomic E-state index is 9.57. The van der Waals surface area contributed by atoms with Crippen molar-refractivity contribution in [2.45, 2.75) is 19.6 Å². The van der Waals surface area contributed by atoms with Crippen molar-refractivity contribution in [3.8, 4) is 11.8 Å². The number of para-hydroxylation sites is 3. The van der Waals surface area contributed by atoms with E-state index in [2.05, 4.69) is 21.4 Å². The molecule has 0 aliphatic heterocycles. The fourth-order valence-electron chi connectivity index (χ4n) is 3.06. The zero-order valence-electron chi connectivity index (χ0n) is 15.5. The number of hydrogen-bond acceptors (Lipinski definition) is 4. The summed E-state index contributed by atoms with van der Waals surface area (Å²) in [5.41, 5.74) is 4.88. The number of anilines is 1. The number of ether oxygens (including phenoxy) is 1. The van der Waals surface area contributed by atoms with Crippen LogP contribution in [-0.2, 0) is 6.61 Å². The normalized spacial score (nSPS) is 11.7. The molecule has 28 heavy (non-hydrogen) atoms. The van der Waals surface area contributed by atoms with Crippen LogP contribution in [0.25, 0.3) is 11.0 Å². The summed E-state index contributed by atoms with van der Waals surface area (Å²) >= 11 is 0. The van der Waals surface area contributed by atoms with Gasteiger partial charge in [-0.3, -0.25) is 0 Å². The second kappa shape index (κ2) is 7.85. The molecular formula is C23H20N4O. The maximum Gasteiger partial charge on any atom is 0.146 e. The van der Waals surface area contributed by atoms with Gasteiger partial charge in [-0.1, -0.05) is 42.5 Å². The van der Waals surface area contributed by atoms with E-state index in [-0.39, 0.29) is 0 Å². The minimum absolute atomic E-state index is 0.358. The minimum atomic E-state index is -0.425. The number of aromatic amines is 1. The fraction of sp³-hybridized carbons (Fsp3) is 0.130. The number of rotatable bonds is 6. The third kappa shape index (κ3) is 3.81. The van der Waals surface area contributed by atoms with Gasteiger partial charge in [0, 0.05) is 5.69 Å². The fourth-order valence-corrected chi connectivity index (χ4v) is 3.06. The molecule has 2 N–H and O–H groups in total. The number of nitrogens with one attached hydrogen (secondary N) is 2. The molecule has 0 aliphatic carbocycles. The van der Waals surface area contributed by atoms with E-state index in [1.54, 1.807) is 0 Å². The number of imidazole rings is 1. The zero-order chi connectivity index (χ0) is 19.3.